The van der Waals surface area contributed by atoms with Crippen LogP contribution in [0.5, 0.6) is 0 Å². The molecule has 0 fully saturated rings. The van der Waals surface area contributed by atoms with Crippen molar-refractivity contribution >= 4 is 23.1 Å². The summed E-state index contributed by atoms with van der Waals surface area (Å²) in [5, 5.41) is 3.64. The minimum Gasteiger partial charge on any atom is -0.464 e. The Balaban J connectivity index is 1.53. The summed E-state index contributed by atoms with van der Waals surface area (Å²) >= 11 is 6.32. The normalized spacial score (nSPS) is 13.8. The quantitative estimate of drug-likeness (QED) is 0.322. The molecule has 5 nitrogen and oxygen atoms in total. The number of hydrogen-bond acceptors (Lipinski definition) is 5. The molecule has 0 unspecified atom stereocenters. The average Bonchev–Trinajstić information content (AvgIpc) is 3.23. The monoisotopic (exact) mass is 498 g/mol. The Morgan fingerprint density at radius 1 is 1.14 bits per heavy atom. The van der Waals surface area contributed by atoms with E-state index in [0.717, 1.165) is 46.5 Å². The van der Waals surface area contributed by atoms with Gasteiger partial charge >= 0.3 is 6.18 Å². The molecule has 0 spiro atoms. The minimum absolute atomic E-state index is 0.232. The average molecular weight is 499 g/mol. The van der Waals surface area contributed by atoms with Crippen molar-refractivity contribution in [2.75, 3.05) is 23.3 Å². The van der Waals surface area contributed by atoms with Crippen LogP contribution >= 0.6 is 11.6 Å². The minimum atomic E-state index is -4.44. The molecule has 35 heavy (non-hydrogen) atoms. The van der Waals surface area contributed by atoms with E-state index in [0.29, 0.717) is 35.3 Å². The molecule has 0 saturated carbocycles. The molecule has 0 amide bonds. The van der Waals surface area contributed by atoms with Crippen molar-refractivity contribution in [3.8, 4) is 22.5 Å². The van der Waals surface area contributed by atoms with E-state index in [2.05, 4.69) is 15.3 Å². The predicted molar refractivity (Wildman–Crippen MR) is 131 cm³/mol. The van der Waals surface area contributed by atoms with E-state index in [1.54, 1.807) is 24.9 Å². The van der Waals surface area contributed by atoms with Gasteiger partial charge in [0.2, 0.25) is 0 Å². The molecule has 180 valence electrons. The van der Waals surface area contributed by atoms with E-state index < -0.39 is 11.7 Å². The van der Waals surface area contributed by atoms with Crippen LogP contribution in [0.25, 0.3) is 22.5 Å². The van der Waals surface area contributed by atoms with Crippen molar-refractivity contribution in [2.24, 2.45) is 0 Å². The third kappa shape index (κ3) is 4.71. The summed E-state index contributed by atoms with van der Waals surface area (Å²) in [6.45, 7) is 3.57. The first-order valence-corrected chi connectivity index (χ1v) is 11.5. The van der Waals surface area contributed by atoms with Gasteiger partial charge in [-0.25, -0.2) is 4.98 Å². The number of rotatable bonds is 4. The first kappa shape index (κ1) is 23.2. The van der Waals surface area contributed by atoms with Crippen LogP contribution in [0.15, 0.2) is 65.7 Å². The molecule has 0 atom stereocenters. The van der Waals surface area contributed by atoms with Gasteiger partial charge in [0.25, 0.3) is 0 Å². The van der Waals surface area contributed by atoms with Gasteiger partial charge in [-0.05, 0) is 60.9 Å². The molecule has 1 aliphatic heterocycles. The van der Waals surface area contributed by atoms with Crippen molar-refractivity contribution in [3.05, 3.63) is 83.0 Å². The van der Waals surface area contributed by atoms with Gasteiger partial charge in [-0.1, -0.05) is 11.6 Å². The standard InChI is InChI=1S/C26H22ClF3N4O/c1-16-21(19-11-23(35-15-19)17-4-2-7-31-12-17)13-33-25-24(16)34(9-3-8-32-25)14-18-10-20(26(28,29)30)5-6-22(18)27/h2,4-7,10-13,15H,3,8-9,14H2,1H3,(H,32,33). The lowest BCUT2D eigenvalue weighted by molar-refractivity contribution is -0.137. The van der Waals surface area contributed by atoms with Crippen molar-refractivity contribution in [2.45, 2.75) is 26.1 Å². The summed E-state index contributed by atoms with van der Waals surface area (Å²) in [6, 6.07) is 9.14. The number of pyridine rings is 2. The van der Waals surface area contributed by atoms with Crippen molar-refractivity contribution < 1.29 is 17.6 Å². The molecule has 9 heteroatoms. The number of fused-ring (bicyclic) bond motifs is 1. The summed E-state index contributed by atoms with van der Waals surface area (Å²) in [5.41, 5.74) is 4.10. The number of halogens is 4. The second-order valence-electron chi connectivity index (χ2n) is 8.44. The van der Waals surface area contributed by atoms with Gasteiger partial charge in [0.05, 0.1) is 17.5 Å². The van der Waals surface area contributed by atoms with Gasteiger partial charge in [0.1, 0.15) is 11.6 Å². The highest BCUT2D eigenvalue weighted by Crippen LogP contribution is 2.40. The molecule has 0 saturated heterocycles. The topological polar surface area (TPSA) is 54.2 Å². The molecule has 5 rings (SSSR count). The number of furan rings is 1. The zero-order valence-electron chi connectivity index (χ0n) is 18.9. The van der Waals surface area contributed by atoms with Gasteiger partial charge < -0.3 is 14.6 Å². The summed E-state index contributed by atoms with van der Waals surface area (Å²) in [7, 11) is 0. The summed E-state index contributed by atoms with van der Waals surface area (Å²) in [4.78, 5) is 10.8. The van der Waals surface area contributed by atoms with Gasteiger partial charge in [-0.2, -0.15) is 13.2 Å². The number of alkyl halides is 3. The van der Waals surface area contributed by atoms with E-state index in [-0.39, 0.29) is 6.54 Å². The van der Waals surface area contributed by atoms with E-state index in [1.165, 1.54) is 6.07 Å². The summed E-state index contributed by atoms with van der Waals surface area (Å²) < 4.78 is 45.8. The second kappa shape index (κ2) is 9.26. The number of aromatic nitrogens is 2. The van der Waals surface area contributed by atoms with Crippen LogP contribution in [0.3, 0.4) is 0 Å². The molecule has 4 aromatic rings. The molecular weight excluding hydrogens is 477 g/mol. The smallest absolute Gasteiger partial charge is 0.416 e. The van der Waals surface area contributed by atoms with Gasteiger partial charge in [0, 0.05) is 59.9 Å². The molecule has 3 aromatic heterocycles. The number of nitrogens with one attached hydrogen (secondary N) is 1. The molecular formula is C26H22ClF3N4O. The van der Waals surface area contributed by atoms with E-state index in [1.807, 2.05) is 30.0 Å². The maximum absolute atomic E-state index is 13.3. The highest BCUT2D eigenvalue weighted by atomic mass is 35.5. The lowest BCUT2D eigenvalue weighted by atomic mass is 10.0. The number of anilines is 2. The zero-order valence-corrected chi connectivity index (χ0v) is 19.6. The fourth-order valence-electron chi connectivity index (χ4n) is 4.36. The van der Waals surface area contributed by atoms with Crippen LogP contribution in [0, 0.1) is 6.92 Å². The molecule has 1 aromatic carbocycles. The van der Waals surface area contributed by atoms with E-state index in [9.17, 15) is 13.2 Å². The Morgan fingerprint density at radius 2 is 2.00 bits per heavy atom. The highest BCUT2D eigenvalue weighted by molar-refractivity contribution is 6.31. The molecule has 0 radical (unpaired) electrons. The number of hydrogen-bond donors (Lipinski definition) is 1. The van der Waals surface area contributed by atoms with E-state index >= 15 is 0 Å². The van der Waals surface area contributed by atoms with Crippen LogP contribution in [0.2, 0.25) is 5.02 Å². The largest absolute Gasteiger partial charge is 0.464 e. The van der Waals surface area contributed by atoms with Crippen LogP contribution in [-0.2, 0) is 12.7 Å². The first-order valence-electron chi connectivity index (χ1n) is 11.1. The highest BCUT2D eigenvalue weighted by Gasteiger charge is 2.31. The SMILES string of the molecule is Cc1c(-c2coc(-c3cccnc3)c2)cnc2c1N(Cc1cc(C(F)(F)F)ccc1Cl)CCCN2. The van der Waals surface area contributed by atoms with Crippen molar-refractivity contribution in [3.63, 3.8) is 0 Å². The van der Waals surface area contributed by atoms with Crippen LogP contribution in [0.4, 0.5) is 24.7 Å². The third-order valence-electron chi connectivity index (χ3n) is 6.11. The summed E-state index contributed by atoms with van der Waals surface area (Å²) in [5.74, 6) is 1.39. The number of benzene rings is 1. The van der Waals surface area contributed by atoms with Gasteiger partial charge in [-0.15, -0.1) is 0 Å². The molecule has 1 N–H and O–H groups in total. The van der Waals surface area contributed by atoms with Crippen LogP contribution in [-0.4, -0.2) is 23.1 Å². The van der Waals surface area contributed by atoms with Gasteiger partial charge in [0.15, 0.2) is 0 Å². The zero-order chi connectivity index (χ0) is 24.6. The molecule has 0 aliphatic carbocycles. The Kier molecular flexibility index (Phi) is 6.15. The maximum Gasteiger partial charge on any atom is 0.416 e. The third-order valence-corrected chi connectivity index (χ3v) is 6.48. The van der Waals surface area contributed by atoms with Crippen LogP contribution < -0.4 is 10.2 Å². The maximum atomic E-state index is 13.3. The van der Waals surface area contributed by atoms with Gasteiger partial charge in [-0.3, -0.25) is 4.98 Å². The van der Waals surface area contributed by atoms with E-state index in [4.69, 9.17) is 16.0 Å². The fourth-order valence-corrected chi connectivity index (χ4v) is 4.54. The second-order valence-corrected chi connectivity index (χ2v) is 8.85. The Hall–Kier alpha value is -3.52. The fraction of sp³-hybridized carbons (Fsp3) is 0.231. The number of nitrogens with zero attached hydrogens (tertiary/aromatic N) is 3. The first-order chi connectivity index (χ1) is 16.8. The lowest BCUT2D eigenvalue weighted by Gasteiger charge is -2.27. The van der Waals surface area contributed by atoms with Crippen LogP contribution in [0.1, 0.15) is 23.1 Å². The molecule has 4 heterocycles. The summed E-state index contributed by atoms with van der Waals surface area (Å²) in [6.07, 6.45) is 3.27. The Bertz CT molecular complexity index is 1350. The lowest BCUT2D eigenvalue weighted by Crippen LogP contribution is -2.25. The van der Waals surface area contributed by atoms with Crippen molar-refractivity contribution in [1.29, 1.82) is 0 Å². The predicted octanol–water partition coefficient (Wildman–Crippen LogP) is 7.21. The van der Waals surface area contributed by atoms with Crippen molar-refractivity contribution in [1.82, 2.24) is 9.97 Å². The molecule has 1 aliphatic rings. The Morgan fingerprint density at radius 3 is 2.77 bits per heavy atom. The Labute approximate surface area is 205 Å². The molecule has 0 bridgehead atoms.